The number of ether oxygens (including phenoxy) is 1. The maximum Gasteiger partial charge on any atom is 0.331 e. The van der Waals surface area contributed by atoms with Gasteiger partial charge in [0, 0.05) is 29.3 Å². The molecule has 0 bridgehead atoms. The first kappa shape index (κ1) is 25.5. The molecule has 2 atom stereocenters. The number of nitrogens with zero attached hydrogens (tertiary/aromatic N) is 1. The molecule has 7 nitrogen and oxygen atoms in total. The van der Waals surface area contributed by atoms with E-state index in [1.54, 1.807) is 23.1 Å². The smallest absolute Gasteiger partial charge is 0.331 e. The van der Waals surface area contributed by atoms with Crippen molar-refractivity contribution in [2.24, 2.45) is 5.92 Å². The third kappa shape index (κ3) is 4.75. The van der Waals surface area contributed by atoms with Gasteiger partial charge < -0.3 is 20.1 Å². The molecule has 194 valence electrons. The molecule has 3 aromatic carbocycles. The van der Waals surface area contributed by atoms with Crippen LogP contribution in [0.4, 0.5) is 15.8 Å². The van der Waals surface area contributed by atoms with Crippen LogP contribution in [0.25, 0.3) is 0 Å². The molecule has 1 heterocycles. The van der Waals surface area contributed by atoms with Gasteiger partial charge in [0.2, 0.25) is 0 Å². The van der Waals surface area contributed by atoms with Gasteiger partial charge in [-0.25, -0.2) is 9.18 Å². The number of allylic oxidation sites excluding steroid dienone is 1. The molecular weight excluding hydrogens is 511 g/mol. The number of carbonyl (C=O) groups excluding carboxylic acids is 2. The molecule has 2 aliphatic rings. The normalized spacial score (nSPS) is 18.1. The van der Waals surface area contributed by atoms with Gasteiger partial charge in [0.25, 0.3) is 11.8 Å². The molecule has 5 rings (SSSR count). The zero-order chi connectivity index (χ0) is 27.0. The molecule has 1 aliphatic carbocycles. The fourth-order valence-corrected chi connectivity index (χ4v) is 5.40. The number of hydrogen-bond donors (Lipinski definition) is 2. The largest absolute Gasteiger partial charge is 0.495 e. The molecule has 0 aromatic heterocycles. The standard InChI is InChI=1S/C29H24ClFN2O5/c1-38-26-14-17(6-9-24(26)32-27(34)22-15-19(31)7-8-23(22)30)28(35)33-11-10-16-12-18(29(36)37)13-21(16)20-4-2-3-5-25(20)33/h2-9,13-16,21H,10-12H2,1H3,(H,32,34)(H,36,37)/t16?,21-/m0/s1. The number of nitrogens with one attached hydrogen (secondary N) is 1. The molecule has 0 saturated heterocycles. The van der Waals surface area contributed by atoms with Crippen molar-refractivity contribution in [2.45, 2.75) is 18.8 Å². The number of fused-ring (bicyclic) bond motifs is 3. The fraction of sp³-hybridized carbons (Fsp3) is 0.207. The highest BCUT2D eigenvalue weighted by Crippen LogP contribution is 2.46. The lowest BCUT2D eigenvalue weighted by Crippen LogP contribution is -2.32. The molecule has 0 saturated carbocycles. The Balaban J connectivity index is 1.43. The Morgan fingerprint density at radius 2 is 1.89 bits per heavy atom. The van der Waals surface area contributed by atoms with E-state index >= 15 is 0 Å². The van der Waals surface area contributed by atoms with Crippen LogP contribution in [0.2, 0.25) is 5.02 Å². The summed E-state index contributed by atoms with van der Waals surface area (Å²) in [6.07, 6.45) is 2.93. The fourth-order valence-electron chi connectivity index (χ4n) is 5.20. The van der Waals surface area contributed by atoms with E-state index in [0.29, 0.717) is 36.2 Å². The Morgan fingerprint density at radius 3 is 2.66 bits per heavy atom. The van der Waals surface area contributed by atoms with Crippen LogP contribution in [0.15, 0.2) is 72.3 Å². The maximum atomic E-state index is 13.7. The van der Waals surface area contributed by atoms with Crippen molar-refractivity contribution < 1.29 is 28.6 Å². The zero-order valence-corrected chi connectivity index (χ0v) is 21.2. The van der Waals surface area contributed by atoms with E-state index in [4.69, 9.17) is 16.3 Å². The first-order valence-electron chi connectivity index (χ1n) is 12.1. The van der Waals surface area contributed by atoms with Crippen LogP contribution in [0.1, 0.15) is 45.0 Å². The zero-order valence-electron chi connectivity index (χ0n) is 20.4. The lowest BCUT2D eigenvalue weighted by Gasteiger charge is -2.24. The number of carbonyl (C=O) groups is 3. The first-order chi connectivity index (χ1) is 18.3. The third-order valence-electron chi connectivity index (χ3n) is 7.07. The predicted octanol–water partition coefficient (Wildman–Crippen LogP) is 5.91. The number of para-hydroxylation sites is 1. The van der Waals surface area contributed by atoms with Gasteiger partial charge in [-0.2, -0.15) is 0 Å². The number of benzene rings is 3. The Morgan fingerprint density at radius 1 is 1.11 bits per heavy atom. The average molecular weight is 535 g/mol. The molecule has 1 aliphatic heterocycles. The van der Waals surface area contributed by atoms with Gasteiger partial charge >= 0.3 is 5.97 Å². The topological polar surface area (TPSA) is 95.9 Å². The number of hydrogen-bond acceptors (Lipinski definition) is 4. The minimum Gasteiger partial charge on any atom is -0.495 e. The van der Waals surface area contributed by atoms with Crippen LogP contribution in [-0.4, -0.2) is 36.5 Å². The van der Waals surface area contributed by atoms with E-state index in [1.807, 2.05) is 30.3 Å². The van der Waals surface area contributed by atoms with E-state index in [0.717, 1.165) is 23.4 Å². The van der Waals surface area contributed by atoms with Crippen LogP contribution in [0, 0.1) is 11.7 Å². The molecule has 3 aromatic rings. The van der Waals surface area contributed by atoms with Crippen LogP contribution >= 0.6 is 11.6 Å². The average Bonchev–Trinajstić information content (AvgIpc) is 3.28. The molecule has 2 amide bonds. The number of carboxylic acid groups (broad SMARTS) is 1. The van der Waals surface area contributed by atoms with Gasteiger partial charge in [0.15, 0.2) is 0 Å². The van der Waals surface area contributed by atoms with Crippen LogP contribution in [0.5, 0.6) is 5.75 Å². The number of methoxy groups -OCH3 is 1. The second kappa shape index (κ2) is 10.3. The third-order valence-corrected chi connectivity index (χ3v) is 7.40. The van der Waals surface area contributed by atoms with Gasteiger partial charge in [-0.3, -0.25) is 9.59 Å². The summed E-state index contributed by atoms with van der Waals surface area (Å²) in [5, 5.41) is 12.3. The van der Waals surface area contributed by atoms with Gasteiger partial charge in [-0.1, -0.05) is 35.9 Å². The van der Waals surface area contributed by atoms with Crippen molar-refractivity contribution in [1.29, 1.82) is 0 Å². The van der Waals surface area contributed by atoms with Crippen molar-refractivity contribution in [3.8, 4) is 5.75 Å². The summed E-state index contributed by atoms with van der Waals surface area (Å²) >= 11 is 6.06. The van der Waals surface area contributed by atoms with E-state index < -0.39 is 17.7 Å². The molecule has 0 radical (unpaired) electrons. The second-order valence-electron chi connectivity index (χ2n) is 9.28. The Bertz CT molecular complexity index is 1490. The second-order valence-corrected chi connectivity index (χ2v) is 9.69. The van der Waals surface area contributed by atoms with Gasteiger partial charge in [-0.15, -0.1) is 0 Å². The minimum atomic E-state index is -0.901. The van der Waals surface area contributed by atoms with Gasteiger partial charge in [0.05, 0.1) is 23.4 Å². The van der Waals surface area contributed by atoms with E-state index in [2.05, 4.69) is 5.32 Å². The van der Waals surface area contributed by atoms with Crippen LogP contribution in [0.3, 0.4) is 0 Å². The highest BCUT2D eigenvalue weighted by Gasteiger charge is 2.37. The number of rotatable bonds is 5. The summed E-state index contributed by atoms with van der Waals surface area (Å²) in [6, 6.07) is 15.8. The highest BCUT2D eigenvalue weighted by atomic mass is 35.5. The summed E-state index contributed by atoms with van der Waals surface area (Å²) in [6.45, 7) is 0.427. The van der Waals surface area contributed by atoms with Crippen molar-refractivity contribution in [2.75, 3.05) is 23.9 Å². The number of aliphatic carboxylic acids is 1. The number of amides is 2. The van der Waals surface area contributed by atoms with Crippen LogP contribution in [-0.2, 0) is 4.79 Å². The lowest BCUT2D eigenvalue weighted by atomic mass is 9.87. The Labute approximate surface area is 223 Å². The van der Waals surface area contributed by atoms with E-state index in [-0.39, 0.29) is 34.1 Å². The number of halogens is 2. The predicted molar refractivity (Wildman–Crippen MR) is 142 cm³/mol. The molecule has 2 N–H and O–H groups in total. The highest BCUT2D eigenvalue weighted by molar-refractivity contribution is 6.34. The lowest BCUT2D eigenvalue weighted by molar-refractivity contribution is -0.132. The first-order valence-corrected chi connectivity index (χ1v) is 12.4. The summed E-state index contributed by atoms with van der Waals surface area (Å²) in [4.78, 5) is 39.7. The quantitative estimate of drug-likeness (QED) is 0.424. The van der Waals surface area contributed by atoms with Crippen molar-refractivity contribution in [1.82, 2.24) is 0 Å². The van der Waals surface area contributed by atoms with E-state index in [9.17, 15) is 23.9 Å². The molecule has 38 heavy (non-hydrogen) atoms. The summed E-state index contributed by atoms with van der Waals surface area (Å²) in [5.74, 6) is -2.08. The molecule has 1 unspecified atom stereocenters. The van der Waals surface area contributed by atoms with Crippen molar-refractivity contribution in [3.05, 3.63) is 99.8 Å². The van der Waals surface area contributed by atoms with Gasteiger partial charge in [-0.05, 0) is 66.8 Å². The summed E-state index contributed by atoms with van der Waals surface area (Å²) < 4.78 is 19.1. The molecular formula is C29H24ClFN2O5. The molecule has 0 fully saturated rings. The molecule has 9 heteroatoms. The molecule has 0 spiro atoms. The van der Waals surface area contributed by atoms with E-state index in [1.165, 1.54) is 13.2 Å². The summed E-state index contributed by atoms with van der Waals surface area (Å²) in [5.41, 5.74) is 2.70. The maximum absolute atomic E-state index is 13.7. The monoisotopic (exact) mass is 534 g/mol. The van der Waals surface area contributed by atoms with Crippen molar-refractivity contribution >= 4 is 40.8 Å². The summed E-state index contributed by atoms with van der Waals surface area (Å²) in [7, 11) is 1.42. The Hall–Kier alpha value is -4.17. The van der Waals surface area contributed by atoms with Crippen molar-refractivity contribution in [3.63, 3.8) is 0 Å². The van der Waals surface area contributed by atoms with Gasteiger partial charge in [0.1, 0.15) is 11.6 Å². The number of anilines is 2. The number of carboxylic acids is 1. The Kier molecular flexibility index (Phi) is 6.91. The minimum absolute atomic E-state index is 0.0271. The van der Waals surface area contributed by atoms with Crippen LogP contribution < -0.4 is 15.0 Å². The SMILES string of the molecule is COc1cc(C(=O)N2CCC3CC(C(=O)O)=C[C@@H]3c3ccccc32)ccc1NC(=O)c1cc(F)ccc1Cl.